The third kappa shape index (κ3) is 16.0. The first kappa shape index (κ1) is 44.9. The molecule has 3 aromatic carbocycles. The highest BCUT2D eigenvalue weighted by Crippen LogP contribution is 2.35. The number of ether oxygens (including phenoxy) is 5. The van der Waals surface area contributed by atoms with Crippen molar-refractivity contribution in [1.29, 1.82) is 0 Å². The number of amides is 2. The molecule has 1 aromatic heterocycles. The van der Waals surface area contributed by atoms with Gasteiger partial charge < -0.3 is 44.7 Å². The van der Waals surface area contributed by atoms with Gasteiger partial charge in [-0.2, -0.15) is 0 Å². The molecule has 58 heavy (non-hydrogen) atoms. The van der Waals surface area contributed by atoms with Gasteiger partial charge in [0, 0.05) is 36.0 Å². The fourth-order valence-corrected chi connectivity index (χ4v) is 5.87. The maximum Gasteiger partial charge on any atom is 0.305 e. The number of aromatic nitrogens is 1. The maximum absolute atomic E-state index is 13.1. The Kier molecular flexibility index (Phi) is 19.7. The summed E-state index contributed by atoms with van der Waals surface area (Å²) in [5, 5.41) is 23.7. The Balaban J connectivity index is 1.22. The van der Waals surface area contributed by atoms with Crippen LogP contribution in [0.5, 0.6) is 5.75 Å². The van der Waals surface area contributed by atoms with Crippen molar-refractivity contribution in [2.45, 2.75) is 45.2 Å². The van der Waals surface area contributed by atoms with Crippen molar-refractivity contribution in [3.63, 3.8) is 0 Å². The van der Waals surface area contributed by atoms with Gasteiger partial charge >= 0.3 is 5.97 Å². The van der Waals surface area contributed by atoms with E-state index < -0.39 is 24.0 Å². The molecular weight excluding hydrogens is 747 g/mol. The van der Waals surface area contributed by atoms with Crippen LogP contribution in [0.25, 0.3) is 32.3 Å². The van der Waals surface area contributed by atoms with E-state index in [1.54, 1.807) is 13.1 Å². The van der Waals surface area contributed by atoms with E-state index in [0.717, 1.165) is 39.0 Å². The molecule has 0 saturated carbocycles. The number of carbonyl (C=O) groups excluding carboxylic acids is 2. The molecule has 0 aliphatic carbocycles. The van der Waals surface area contributed by atoms with Crippen molar-refractivity contribution in [1.82, 2.24) is 15.6 Å². The summed E-state index contributed by atoms with van der Waals surface area (Å²) < 4.78 is 28.0. The van der Waals surface area contributed by atoms with E-state index in [2.05, 4.69) is 31.0 Å². The first-order chi connectivity index (χ1) is 28.2. The molecule has 310 valence electrons. The van der Waals surface area contributed by atoms with E-state index in [9.17, 15) is 19.5 Å². The lowest BCUT2D eigenvalue weighted by molar-refractivity contribution is -0.138. The molecule has 1 heterocycles. The molecule has 0 fully saturated rings. The SMILES string of the molecule is Cc1ccnc(NCCCC(=O)N[C@@H](C)C(=O)N[C@@H](CC(=O)O)c2ccc(-c3ccc(OCCOCCOCCOCCOCCN=[N+]=[N-])c4ccccc34)cc2)c1. The van der Waals surface area contributed by atoms with Gasteiger partial charge in [0.05, 0.1) is 65.3 Å². The number of aryl methyl sites for hydroxylation is 1. The number of hydrogen-bond donors (Lipinski definition) is 4. The van der Waals surface area contributed by atoms with Crippen molar-refractivity contribution in [3.05, 3.63) is 101 Å². The van der Waals surface area contributed by atoms with Gasteiger partial charge in [-0.15, -0.1) is 0 Å². The molecule has 4 N–H and O–H groups in total. The number of hydrogen-bond acceptors (Lipinski definition) is 11. The van der Waals surface area contributed by atoms with Crippen LogP contribution in [0.1, 0.15) is 43.4 Å². The molecule has 16 heteroatoms. The number of nitrogens with zero attached hydrogens (tertiary/aromatic N) is 4. The van der Waals surface area contributed by atoms with Crippen molar-refractivity contribution in [3.8, 4) is 16.9 Å². The minimum Gasteiger partial charge on any atom is -0.491 e. The zero-order chi connectivity index (χ0) is 41.4. The average molecular weight is 800 g/mol. The second-order valence-corrected chi connectivity index (χ2v) is 13.2. The minimum absolute atomic E-state index is 0.212. The van der Waals surface area contributed by atoms with Crippen LogP contribution < -0.4 is 20.7 Å². The summed E-state index contributed by atoms with van der Waals surface area (Å²) in [4.78, 5) is 44.4. The summed E-state index contributed by atoms with van der Waals surface area (Å²) in [5.74, 6) is -0.370. The van der Waals surface area contributed by atoms with Crippen LogP contribution >= 0.6 is 0 Å². The van der Waals surface area contributed by atoms with Gasteiger partial charge in [-0.1, -0.05) is 59.7 Å². The van der Waals surface area contributed by atoms with Gasteiger partial charge in [0.25, 0.3) is 0 Å². The molecule has 4 aromatic rings. The maximum atomic E-state index is 13.1. The average Bonchev–Trinajstić information content (AvgIpc) is 3.22. The predicted molar refractivity (Wildman–Crippen MR) is 220 cm³/mol. The lowest BCUT2D eigenvalue weighted by Gasteiger charge is -2.21. The molecule has 0 aliphatic rings. The fourth-order valence-electron chi connectivity index (χ4n) is 5.87. The van der Waals surface area contributed by atoms with E-state index in [1.807, 2.05) is 79.7 Å². The Morgan fingerprint density at radius 3 is 2.14 bits per heavy atom. The molecule has 0 unspecified atom stereocenters. The lowest BCUT2D eigenvalue weighted by Crippen LogP contribution is -2.46. The first-order valence-corrected chi connectivity index (χ1v) is 19.3. The second kappa shape index (κ2) is 25.5. The van der Waals surface area contributed by atoms with Crippen molar-refractivity contribution in [2.75, 3.05) is 77.9 Å². The number of carboxylic acid groups (broad SMARTS) is 1. The second-order valence-electron chi connectivity index (χ2n) is 13.2. The zero-order valence-corrected chi connectivity index (χ0v) is 33.1. The summed E-state index contributed by atoms with van der Waals surface area (Å²) in [6, 6.07) is 21.4. The van der Waals surface area contributed by atoms with Crippen LogP contribution in [-0.4, -0.2) is 106 Å². The Morgan fingerprint density at radius 1 is 0.828 bits per heavy atom. The topological polar surface area (TPSA) is 215 Å². The molecule has 0 bridgehead atoms. The van der Waals surface area contributed by atoms with E-state index in [4.69, 9.17) is 29.2 Å². The van der Waals surface area contributed by atoms with Gasteiger partial charge in [0.15, 0.2) is 0 Å². The molecule has 2 atom stereocenters. The van der Waals surface area contributed by atoms with E-state index in [1.165, 1.54) is 0 Å². The summed E-state index contributed by atoms with van der Waals surface area (Å²) in [6.45, 7) is 8.07. The summed E-state index contributed by atoms with van der Waals surface area (Å²) in [6.07, 6.45) is 2.14. The number of aliphatic carboxylic acids is 1. The number of anilines is 1. The van der Waals surface area contributed by atoms with Crippen LogP contribution in [0.15, 0.2) is 84.1 Å². The number of rotatable bonds is 28. The standard InChI is InChI=1S/C42H53N7O9/c1-30-15-17-45-39(28-30)44-16-5-8-40(50)47-31(2)42(53)48-37(29-41(51)52)33-11-9-32(10-12-33)34-13-14-38(36-7-4-3-6-35(34)36)58-27-26-57-25-24-56-23-22-55-21-20-54-19-18-46-49-43/h3-4,6-7,9-15,17,28,31,37H,5,8,16,18-27,29H2,1-2H3,(H,44,45)(H,47,50)(H,48,53)(H,51,52)/t31-,37-/m0/s1. The van der Waals surface area contributed by atoms with Crippen LogP contribution in [0, 0.1) is 6.92 Å². The number of carbonyl (C=O) groups is 3. The first-order valence-electron chi connectivity index (χ1n) is 19.3. The Morgan fingerprint density at radius 2 is 1.48 bits per heavy atom. The fraction of sp³-hybridized carbons (Fsp3) is 0.429. The predicted octanol–water partition coefficient (Wildman–Crippen LogP) is 5.99. The molecule has 0 aliphatic heterocycles. The van der Waals surface area contributed by atoms with E-state index >= 15 is 0 Å². The third-order valence-electron chi connectivity index (χ3n) is 8.78. The minimum atomic E-state index is -1.07. The number of pyridine rings is 1. The van der Waals surface area contributed by atoms with Gasteiger partial charge in [-0.25, -0.2) is 4.98 Å². The highest BCUT2D eigenvalue weighted by atomic mass is 16.6. The van der Waals surface area contributed by atoms with Crippen LogP contribution in [0.4, 0.5) is 5.82 Å². The van der Waals surface area contributed by atoms with Gasteiger partial charge in [-0.3, -0.25) is 14.4 Å². The Bertz CT molecular complexity index is 1940. The van der Waals surface area contributed by atoms with Gasteiger partial charge in [-0.05, 0) is 71.6 Å². The molecule has 4 rings (SSSR count). The van der Waals surface area contributed by atoms with E-state index in [0.29, 0.717) is 84.5 Å². The lowest BCUT2D eigenvalue weighted by atomic mass is 9.95. The van der Waals surface area contributed by atoms with E-state index in [-0.39, 0.29) is 18.7 Å². The highest BCUT2D eigenvalue weighted by molar-refractivity contribution is 6.00. The largest absolute Gasteiger partial charge is 0.491 e. The smallest absolute Gasteiger partial charge is 0.305 e. The van der Waals surface area contributed by atoms with Crippen molar-refractivity contribution < 1.29 is 43.2 Å². The Hall–Kier alpha value is -5.77. The highest BCUT2D eigenvalue weighted by Gasteiger charge is 2.23. The number of fused-ring (bicyclic) bond motifs is 1. The molecule has 2 amide bonds. The van der Waals surface area contributed by atoms with Gasteiger partial charge in [0.2, 0.25) is 11.8 Å². The normalized spacial score (nSPS) is 12.0. The molecule has 0 radical (unpaired) electrons. The van der Waals surface area contributed by atoms with Crippen LogP contribution in [0.3, 0.4) is 0 Å². The molecule has 0 spiro atoms. The number of carboxylic acids is 1. The summed E-state index contributed by atoms with van der Waals surface area (Å²) >= 11 is 0. The number of nitrogens with one attached hydrogen (secondary N) is 3. The zero-order valence-electron chi connectivity index (χ0n) is 33.1. The van der Waals surface area contributed by atoms with Crippen LogP contribution in [-0.2, 0) is 33.3 Å². The monoisotopic (exact) mass is 799 g/mol. The number of benzene rings is 3. The van der Waals surface area contributed by atoms with Crippen molar-refractivity contribution >= 4 is 34.4 Å². The van der Waals surface area contributed by atoms with Crippen LogP contribution in [0.2, 0.25) is 0 Å². The third-order valence-corrected chi connectivity index (χ3v) is 8.78. The summed E-state index contributed by atoms with van der Waals surface area (Å²) in [7, 11) is 0. The quantitative estimate of drug-likeness (QED) is 0.0226. The summed E-state index contributed by atoms with van der Waals surface area (Å²) in [5.41, 5.74) is 11.8. The van der Waals surface area contributed by atoms with Gasteiger partial charge in [0.1, 0.15) is 24.2 Å². The molecule has 16 nitrogen and oxygen atoms in total. The van der Waals surface area contributed by atoms with Crippen molar-refractivity contribution in [2.24, 2.45) is 5.11 Å². The molecule has 0 saturated heterocycles. The Labute approximate surface area is 338 Å². The number of azide groups is 1. The molecular formula is C42H53N7O9.